The van der Waals surface area contributed by atoms with E-state index >= 15 is 0 Å². The second kappa shape index (κ2) is 7.13. The molecule has 0 aliphatic rings. The van der Waals surface area contributed by atoms with Crippen molar-refractivity contribution in [2.24, 2.45) is 0 Å². The fourth-order valence-electron chi connectivity index (χ4n) is 0.747. The van der Waals surface area contributed by atoms with Gasteiger partial charge in [0.25, 0.3) is 5.91 Å². The second-order valence-corrected chi connectivity index (χ2v) is 3.00. The summed E-state index contributed by atoms with van der Waals surface area (Å²) in [7, 11) is 4.05. The Labute approximate surface area is 78.5 Å². The van der Waals surface area contributed by atoms with Gasteiger partial charge in [-0.2, -0.15) is 0 Å². The lowest BCUT2D eigenvalue weighted by Crippen LogP contribution is -2.12. The smallest absolute Gasteiger partial charge is 0.257 e. The summed E-state index contributed by atoms with van der Waals surface area (Å²) in [6.45, 7) is 1.03. The van der Waals surface area contributed by atoms with Crippen LogP contribution < -0.4 is 4.84 Å². The Kier molecular flexibility index (Phi) is 6.81. The van der Waals surface area contributed by atoms with Crippen molar-refractivity contribution < 1.29 is 4.79 Å². The molecule has 3 nitrogen and oxygen atoms in total. The minimum Gasteiger partial charge on any atom is -0.309 e. The lowest BCUT2D eigenvalue weighted by molar-refractivity contribution is -0.114. The predicted molar refractivity (Wildman–Crippen MR) is 50.9 cm³/mol. The van der Waals surface area contributed by atoms with Crippen LogP contribution in [0.5, 0.6) is 0 Å². The van der Waals surface area contributed by atoms with Crippen LogP contribution in [-0.4, -0.2) is 31.4 Å². The van der Waals surface area contributed by atoms with E-state index in [2.05, 4.69) is 4.90 Å². The quantitative estimate of drug-likeness (QED) is 0.401. The molecule has 0 bridgehead atoms. The first-order chi connectivity index (χ1) is 5.66. The van der Waals surface area contributed by atoms with E-state index in [1.54, 1.807) is 0 Å². The van der Waals surface area contributed by atoms with Crippen LogP contribution in [0.3, 0.4) is 0 Å². The van der Waals surface area contributed by atoms with Crippen LogP contribution >= 0.6 is 11.8 Å². The molecule has 0 fully saturated rings. The maximum Gasteiger partial charge on any atom is 0.257 e. The molecule has 0 spiro atoms. The number of halogens is 1. The fourth-order valence-corrected chi connectivity index (χ4v) is 0.810. The molecule has 0 aliphatic carbocycles. The first-order valence-electron chi connectivity index (χ1n) is 3.88. The molecule has 0 rings (SSSR count). The standard InChI is InChI=1S/C8H15ClN2O/c1-11(2)7-5-3-4-6-8(12)10-9/h4,6H,3,5,7H2,1-2H3,(H,10,12). The Morgan fingerprint density at radius 2 is 2.25 bits per heavy atom. The summed E-state index contributed by atoms with van der Waals surface area (Å²) in [6, 6.07) is 0. The highest BCUT2D eigenvalue weighted by molar-refractivity contribution is 6.23. The van der Waals surface area contributed by atoms with Gasteiger partial charge in [-0.3, -0.25) is 9.63 Å². The number of carbonyl (C=O) groups is 1. The Morgan fingerprint density at radius 3 is 2.75 bits per heavy atom. The molecular weight excluding hydrogens is 176 g/mol. The van der Waals surface area contributed by atoms with E-state index < -0.39 is 0 Å². The zero-order valence-corrected chi connectivity index (χ0v) is 8.27. The van der Waals surface area contributed by atoms with Gasteiger partial charge in [0.2, 0.25) is 0 Å². The third-order valence-electron chi connectivity index (χ3n) is 1.34. The minimum atomic E-state index is -0.262. The first-order valence-corrected chi connectivity index (χ1v) is 4.26. The summed E-state index contributed by atoms with van der Waals surface area (Å²) in [4.78, 5) is 14.7. The van der Waals surface area contributed by atoms with Gasteiger partial charge in [0.1, 0.15) is 0 Å². The summed E-state index contributed by atoms with van der Waals surface area (Å²) in [5.41, 5.74) is 0. The van der Waals surface area contributed by atoms with Crippen LogP contribution in [0.2, 0.25) is 0 Å². The van der Waals surface area contributed by atoms with Crippen molar-refractivity contribution in [2.45, 2.75) is 12.8 Å². The van der Waals surface area contributed by atoms with Crippen molar-refractivity contribution in [3.63, 3.8) is 0 Å². The highest BCUT2D eigenvalue weighted by Crippen LogP contribution is 1.92. The van der Waals surface area contributed by atoms with E-state index in [1.165, 1.54) is 6.08 Å². The Hall–Kier alpha value is -0.540. The van der Waals surface area contributed by atoms with Gasteiger partial charge in [0.05, 0.1) is 0 Å². The molecular formula is C8H15ClN2O. The lowest BCUT2D eigenvalue weighted by Gasteiger charge is -2.06. The van der Waals surface area contributed by atoms with E-state index in [0.717, 1.165) is 19.4 Å². The van der Waals surface area contributed by atoms with Crippen LogP contribution in [0.15, 0.2) is 12.2 Å². The fraction of sp³-hybridized carbons (Fsp3) is 0.625. The molecule has 0 unspecified atom stereocenters. The summed E-state index contributed by atoms with van der Waals surface area (Å²) < 4.78 is 0. The van der Waals surface area contributed by atoms with Crippen molar-refractivity contribution in [3.05, 3.63) is 12.2 Å². The average Bonchev–Trinajstić information content (AvgIpc) is 2.03. The van der Waals surface area contributed by atoms with E-state index in [9.17, 15) is 4.79 Å². The lowest BCUT2D eigenvalue weighted by atomic mass is 10.3. The maximum atomic E-state index is 10.6. The normalized spacial score (nSPS) is 11.0. The molecule has 0 heterocycles. The number of hydrogen-bond acceptors (Lipinski definition) is 2. The first kappa shape index (κ1) is 11.5. The number of rotatable bonds is 5. The van der Waals surface area contributed by atoms with Crippen LogP contribution in [0.1, 0.15) is 12.8 Å². The van der Waals surface area contributed by atoms with E-state index in [1.807, 2.05) is 25.0 Å². The third kappa shape index (κ3) is 7.57. The van der Waals surface area contributed by atoms with Gasteiger partial charge < -0.3 is 4.90 Å². The zero-order valence-electron chi connectivity index (χ0n) is 7.51. The van der Waals surface area contributed by atoms with E-state index in [0.29, 0.717) is 0 Å². The topological polar surface area (TPSA) is 32.3 Å². The van der Waals surface area contributed by atoms with Crippen LogP contribution in [0, 0.1) is 0 Å². The summed E-state index contributed by atoms with van der Waals surface area (Å²) >= 11 is 5.06. The maximum absolute atomic E-state index is 10.6. The number of allylic oxidation sites excluding steroid dienone is 1. The molecule has 4 heteroatoms. The number of carbonyl (C=O) groups excluding carboxylic acids is 1. The van der Waals surface area contributed by atoms with E-state index in [4.69, 9.17) is 11.8 Å². The number of nitrogens with zero attached hydrogens (tertiary/aromatic N) is 1. The van der Waals surface area contributed by atoms with Gasteiger partial charge in [0, 0.05) is 17.9 Å². The molecule has 0 aromatic heterocycles. The van der Waals surface area contributed by atoms with Crippen molar-refractivity contribution in [1.29, 1.82) is 0 Å². The van der Waals surface area contributed by atoms with Gasteiger partial charge in [-0.25, -0.2) is 0 Å². The Morgan fingerprint density at radius 1 is 1.58 bits per heavy atom. The average molecular weight is 191 g/mol. The van der Waals surface area contributed by atoms with Gasteiger partial charge in [-0.15, -0.1) is 0 Å². The van der Waals surface area contributed by atoms with Gasteiger partial charge >= 0.3 is 0 Å². The zero-order chi connectivity index (χ0) is 9.40. The molecule has 70 valence electrons. The van der Waals surface area contributed by atoms with Crippen molar-refractivity contribution >= 4 is 17.7 Å². The van der Waals surface area contributed by atoms with Crippen molar-refractivity contribution in [1.82, 2.24) is 9.74 Å². The highest BCUT2D eigenvalue weighted by atomic mass is 35.5. The number of nitrogens with one attached hydrogen (secondary N) is 1. The summed E-state index contributed by atoms with van der Waals surface area (Å²) in [6.07, 6.45) is 5.23. The molecule has 0 atom stereocenters. The predicted octanol–water partition coefficient (Wildman–Crippen LogP) is 1.15. The van der Waals surface area contributed by atoms with Gasteiger partial charge in [-0.1, -0.05) is 6.08 Å². The van der Waals surface area contributed by atoms with Crippen molar-refractivity contribution in [2.75, 3.05) is 20.6 Å². The third-order valence-corrected chi connectivity index (χ3v) is 1.52. The molecule has 1 amide bonds. The monoisotopic (exact) mass is 190 g/mol. The number of amides is 1. The molecule has 0 aromatic rings. The van der Waals surface area contributed by atoms with E-state index in [-0.39, 0.29) is 5.91 Å². The molecule has 0 aliphatic heterocycles. The molecule has 0 saturated carbocycles. The number of hydrogen-bond donors (Lipinski definition) is 1. The molecule has 0 radical (unpaired) electrons. The Bertz CT molecular complexity index is 157. The summed E-state index contributed by atoms with van der Waals surface area (Å²) in [5, 5.41) is 0. The Balaban J connectivity index is 3.30. The summed E-state index contributed by atoms with van der Waals surface area (Å²) in [5.74, 6) is -0.262. The SMILES string of the molecule is CN(C)CCCC=CC(=O)NCl. The minimum absolute atomic E-state index is 0.262. The second-order valence-electron chi connectivity index (χ2n) is 2.81. The highest BCUT2D eigenvalue weighted by Gasteiger charge is 1.90. The molecule has 1 N–H and O–H groups in total. The molecule has 12 heavy (non-hydrogen) atoms. The van der Waals surface area contributed by atoms with Crippen LogP contribution in [0.25, 0.3) is 0 Å². The van der Waals surface area contributed by atoms with Gasteiger partial charge in [-0.05, 0) is 33.5 Å². The molecule has 0 saturated heterocycles. The van der Waals surface area contributed by atoms with Gasteiger partial charge in [0.15, 0.2) is 0 Å². The largest absolute Gasteiger partial charge is 0.309 e. The van der Waals surface area contributed by atoms with Crippen molar-refractivity contribution in [3.8, 4) is 0 Å². The van der Waals surface area contributed by atoms with Crippen LogP contribution in [0.4, 0.5) is 0 Å². The molecule has 0 aromatic carbocycles. The number of unbranched alkanes of at least 4 members (excludes halogenated alkanes) is 1. The van der Waals surface area contributed by atoms with Crippen LogP contribution in [-0.2, 0) is 4.79 Å².